The van der Waals surface area contributed by atoms with Crippen LogP contribution in [0, 0.1) is 0 Å². The van der Waals surface area contributed by atoms with Crippen molar-refractivity contribution in [2.45, 2.75) is 19.8 Å². The zero-order chi connectivity index (χ0) is 10.1. The number of hydrogen-bond donors (Lipinski definition) is 1. The number of benzene rings is 1. The number of phenolic OH excluding ortho intramolecular Hbond substituents is 1. The molecule has 1 aliphatic heterocycles. The summed E-state index contributed by atoms with van der Waals surface area (Å²) in [5.41, 5.74) is 1.76. The minimum atomic E-state index is -0.00699. The van der Waals surface area contributed by atoms with Gasteiger partial charge in [-0.25, -0.2) is 0 Å². The predicted molar refractivity (Wildman–Crippen MR) is 54.5 cm³/mol. The second kappa shape index (κ2) is 3.33. The van der Waals surface area contributed by atoms with Crippen LogP contribution in [0.4, 0.5) is 5.69 Å². The molecular formula is C11H13NO2. The van der Waals surface area contributed by atoms with E-state index in [2.05, 4.69) is 0 Å². The number of carbonyl (C=O) groups excluding carboxylic acids is 1. The Balaban J connectivity index is 2.52. The van der Waals surface area contributed by atoms with Crippen molar-refractivity contribution in [3.05, 3.63) is 23.8 Å². The van der Waals surface area contributed by atoms with Gasteiger partial charge in [-0.05, 0) is 24.5 Å². The Bertz CT molecular complexity index is 374. The van der Waals surface area contributed by atoms with Crippen LogP contribution in [0.15, 0.2) is 18.2 Å². The number of anilines is 1. The lowest BCUT2D eigenvalue weighted by Gasteiger charge is -2.28. The Morgan fingerprint density at radius 3 is 3.00 bits per heavy atom. The van der Waals surface area contributed by atoms with Gasteiger partial charge in [-0.1, -0.05) is 12.1 Å². The maximum atomic E-state index is 11.3. The third-order valence-corrected chi connectivity index (χ3v) is 2.58. The van der Waals surface area contributed by atoms with Crippen molar-refractivity contribution in [1.29, 1.82) is 0 Å². The fraction of sp³-hybridized carbons (Fsp3) is 0.364. The number of nitrogens with zero attached hydrogens (tertiary/aromatic N) is 1. The van der Waals surface area contributed by atoms with E-state index in [4.69, 9.17) is 0 Å². The van der Waals surface area contributed by atoms with Gasteiger partial charge in [-0.2, -0.15) is 0 Å². The van der Waals surface area contributed by atoms with Crippen LogP contribution in [0.1, 0.15) is 18.9 Å². The molecule has 0 unspecified atom stereocenters. The van der Waals surface area contributed by atoms with Crippen molar-refractivity contribution in [2.24, 2.45) is 0 Å². The molecule has 1 N–H and O–H groups in total. The summed E-state index contributed by atoms with van der Waals surface area (Å²) in [4.78, 5) is 13.0. The molecule has 3 heteroatoms. The highest BCUT2D eigenvalue weighted by Crippen LogP contribution is 2.35. The monoisotopic (exact) mass is 191 g/mol. The first-order chi connectivity index (χ1) is 6.70. The summed E-state index contributed by atoms with van der Waals surface area (Å²) in [6.07, 6.45) is 1.91. The number of para-hydroxylation sites is 1. The SMILES string of the molecule is CC(=O)N1CCCc2cccc(O)c21. The number of phenols is 1. The average molecular weight is 191 g/mol. The van der Waals surface area contributed by atoms with Gasteiger partial charge < -0.3 is 10.0 Å². The molecular weight excluding hydrogens is 178 g/mol. The molecule has 1 aliphatic rings. The highest BCUT2D eigenvalue weighted by atomic mass is 16.3. The fourth-order valence-corrected chi connectivity index (χ4v) is 1.95. The molecule has 0 aromatic heterocycles. The van der Waals surface area contributed by atoms with Crippen LogP contribution in [-0.4, -0.2) is 17.6 Å². The smallest absolute Gasteiger partial charge is 0.223 e. The normalized spacial score (nSPS) is 15.1. The summed E-state index contributed by atoms with van der Waals surface area (Å²) < 4.78 is 0. The molecule has 1 heterocycles. The maximum absolute atomic E-state index is 11.3. The molecule has 1 aromatic rings. The molecule has 0 spiro atoms. The Morgan fingerprint density at radius 1 is 1.50 bits per heavy atom. The van der Waals surface area contributed by atoms with E-state index in [9.17, 15) is 9.90 Å². The van der Waals surface area contributed by atoms with Crippen molar-refractivity contribution in [1.82, 2.24) is 0 Å². The number of rotatable bonds is 0. The predicted octanol–water partition coefficient (Wildman–Crippen LogP) is 1.69. The third-order valence-electron chi connectivity index (χ3n) is 2.58. The second-order valence-corrected chi connectivity index (χ2v) is 3.56. The van der Waals surface area contributed by atoms with E-state index < -0.39 is 0 Å². The molecule has 0 radical (unpaired) electrons. The molecule has 0 atom stereocenters. The number of aromatic hydroxyl groups is 1. The topological polar surface area (TPSA) is 40.5 Å². The number of fused-ring (bicyclic) bond motifs is 1. The van der Waals surface area contributed by atoms with Crippen molar-refractivity contribution in [2.75, 3.05) is 11.4 Å². The summed E-state index contributed by atoms with van der Waals surface area (Å²) in [5.74, 6) is 0.199. The Kier molecular flexibility index (Phi) is 2.15. The van der Waals surface area contributed by atoms with E-state index >= 15 is 0 Å². The minimum Gasteiger partial charge on any atom is -0.506 e. The summed E-state index contributed by atoms with van der Waals surface area (Å²) in [6.45, 7) is 2.24. The Hall–Kier alpha value is -1.51. The van der Waals surface area contributed by atoms with Crippen LogP contribution >= 0.6 is 0 Å². The standard InChI is InChI=1S/C11H13NO2/c1-8(13)12-7-3-5-9-4-2-6-10(14)11(9)12/h2,4,6,14H,3,5,7H2,1H3. The first-order valence-corrected chi connectivity index (χ1v) is 4.79. The quantitative estimate of drug-likeness (QED) is 0.678. The van der Waals surface area contributed by atoms with Crippen LogP contribution in [0.25, 0.3) is 0 Å². The minimum absolute atomic E-state index is 0.00699. The van der Waals surface area contributed by atoms with Crippen molar-refractivity contribution in [3.8, 4) is 5.75 Å². The molecule has 3 nitrogen and oxygen atoms in total. The van der Waals surface area contributed by atoms with Gasteiger partial charge in [0.1, 0.15) is 5.75 Å². The van der Waals surface area contributed by atoms with E-state index in [1.54, 1.807) is 11.0 Å². The zero-order valence-electron chi connectivity index (χ0n) is 8.16. The number of carbonyl (C=O) groups is 1. The highest BCUT2D eigenvalue weighted by Gasteiger charge is 2.22. The lowest BCUT2D eigenvalue weighted by Crippen LogP contribution is -2.33. The van der Waals surface area contributed by atoms with Crippen LogP contribution in [-0.2, 0) is 11.2 Å². The van der Waals surface area contributed by atoms with Crippen molar-refractivity contribution >= 4 is 11.6 Å². The van der Waals surface area contributed by atoms with Gasteiger partial charge >= 0.3 is 0 Å². The largest absolute Gasteiger partial charge is 0.506 e. The number of amides is 1. The molecule has 0 bridgehead atoms. The summed E-state index contributed by atoms with van der Waals surface area (Å²) in [7, 11) is 0. The van der Waals surface area contributed by atoms with Crippen LogP contribution in [0.3, 0.4) is 0 Å². The number of aryl methyl sites for hydroxylation is 1. The molecule has 1 amide bonds. The molecule has 0 aliphatic carbocycles. The molecule has 0 fully saturated rings. The summed E-state index contributed by atoms with van der Waals surface area (Å²) in [6, 6.07) is 5.40. The van der Waals surface area contributed by atoms with E-state index in [1.165, 1.54) is 6.92 Å². The summed E-state index contributed by atoms with van der Waals surface area (Å²) >= 11 is 0. The van der Waals surface area contributed by atoms with E-state index in [1.807, 2.05) is 12.1 Å². The van der Waals surface area contributed by atoms with Crippen LogP contribution in [0.2, 0.25) is 0 Å². The Morgan fingerprint density at radius 2 is 2.29 bits per heavy atom. The van der Waals surface area contributed by atoms with E-state index in [0.29, 0.717) is 12.2 Å². The van der Waals surface area contributed by atoms with Crippen molar-refractivity contribution in [3.63, 3.8) is 0 Å². The Labute approximate surface area is 83.0 Å². The molecule has 2 rings (SSSR count). The molecule has 14 heavy (non-hydrogen) atoms. The van der Waals surface area contributed by atoms with Crippen LogP contribution < -0.4 is 4.90 Å². The average Bonchev–Trinajstić information content (AvgIpc) is 2.17. The van der Waals surface area contributed by atoms with Crippen LogP contribution in [0.5, 0.6) is 5.75 Å². The second-order valence-electron chi connectivity index (χ2n) is 3.56. The lowest BCUT2D eigenvalue weighted by molar-refractivity contribution is -0.116. The van der Waals surface area contributed by atoms with Crippen molar-refractivity contribution < 1.29 is 9.90 Å². The maximum Gasteiger partial charge on any atom is 0.223 e. The highest BCUT2D eigenvalue weighted by molar-refractivity contribution is 5.94. The van der Waals surface area contributed by atoms with Gasteiger partial charge in [0, 0.05) is 13.5 Å². The number of hydrogen-bond acceptors (Lipinski definition) is 2. The first kappa shape index (κ1) is 9.06. The van der Waals surface area contributed by atoms with Gasteiger partial charge in [0.25, 0.3) is 0 Å². The molecule has 0 saturated carbocycles. The molecule has 74 valence electrons. The molecule has 0 saturated heterocycles. The van der Waals surface area contributed by atoms with E-state index in [-0.39, 0.29) is 11.7 Å². The van der Waals surface area contributed by atoms with Gasteiger partial charge in [-0.15, -0.1) is 0 Å². The third kappa shape index (κ3) is 1.35. The fourth-order valence-electron chi connectivity index (χ4n) is 1.95. The zero-order valence-corrected chi connectivity index (χ0v) is 8.16. The summed E-state index contributed by atoms with van der Waals surface area (Å²) in [5, 5.41) is 9.68. The lowest BCUT2D eigenvalue weighted by atomic mass is 10.0. The van der Waals surface area contributed by atoms with Gasteiger partial charge in [0.05, 0.1) is 5.69 Å². The van der Waals surface area contributed by atoms with Gasteiger partial charge in [0.2, 0.25) is 5.91 Å². The van der Waals surface area contributed by atoms with Gasteiger partial charge in [-0.3, -0.25) is 4.79 Å². The molecule has 1 aromatic carbocycles. The first-order valence-electron chi connectivity index (χ1n) is 4.79. The van der Waals surface area contributed by atoms with E-state index in [0.717, 1.165) is 18.4 Å². The van der Waals surface area contributed by atoms with Gasteiger partial charge in [0.15, 0.2) is 0 Å².